The maximum atomic E-state index is 10.9. The second-order valence-corrected chi connectivity index (χ2v) is 7.06. The van der Waals surface area contributed by atoms with Crippen LogP contribution in [0, 0.1) is 6.92 Å². The van der Waals surface area contributed by atoms with Gasteiger partial charge in [0.05, 0.1) is 24.6 Å². The zero-order valence-corrected chi connectivity index (χ0v) is 16.2. The number of morpholine rings is 1. The Bertz CT molecular complexity index is 816. The predicted octanol–water partition coefficient (Wildman–Crippen LogP) is 1.64. The number of aromatic nitrogens is 2. The van der Waals surface area contributed by atoms with Crippen molar-refractivity contribution in [3.05, 3.63) is 36.0 Å². The molecule has 1 aromatic heterocycles. The van der Waals surface area contributed by atoms with E-state index in [1.807, 2.05) is 25.1 Å². The van der Waals surface area contributed by atoms with Gasteiger partial charge in [-0.05, 0) is 19.1 Å². The number of aryl methyl sites for hydroxylation is 1. The Balaban J connectivity index is 1.54. The Morgan fingerprint density at radius 2 is 1.75 bits per heavy atom. The number of piperazine rings is 1. The number of nitrogens with one attached hydrogen (secondary N) is 1. The van der Waals surface area contributed by atoms with Crippen molar-refractivity contribution in [2.24, 2.45) is 0 Å². The van der Waals surface area contributed by atoms with Crippen LogP contribution in [-0.4, -0.2) is 73.8 Å². The lowest BCUT2D eigenvalue weighted by Gasteiger charge is -2.33. The molecule has 1 N–H and O–H groups in total. The van der Waals surface area contributed by atoms with E-state index in [0.717, 1.165) is 81.8 Å². The zero-order valence-electron chi connectivity index (χ0n) is 16.2. The van der Waals surface area contributed by atoms with E-state index in [4.69, 9.17) is 9.72 Å². The summed E-state index contributed by atoms with van der Waals surface area (Å²) in [6.45, 7) is 8.20. The van der Waals surface area contributed by atoms with Gasteiger partial charge in [-0.15, -0.1) is 0 Å². The first-order chi connectivity index (χ1) is 13.7. The number of hydrogen-bond acceptors (Lipinski definition) is 7. The molecule has 1 amide bonds. The summed E-state index contributed by atoms with van der Waals surface area (Å²) in [6, 6.07) is 10.2. The molecule has 0 radical (unpaired) electrons. The monoisotopic (exact) mass is 382 g/mol. The number of amides is 1. The maximum Gasteiger partial charge on any atom is 0.229 e. The molecule has 8 heteroatoms. The van der Waals surface area contributed by atoms with Crippen molar-refractivity contribution in [1.82, 2.24) is 14.9 Å². The van der Waals surface area contributed by atoms with Crippen LogP contribution in [0.1, 0.15) is 5.69 Å². The summed E-state index contributed by atoms with van der Waals surface area (Å²) < 4.78 is 5.48. The molecule has 0 aliphatic carbocycles. The van der Waals surface area contributed by atoms with Crippen LogP contribution in [0.4, 0.5) is 23.1 Å². The number of rotatable bonds is 5. The summed E-state index contributed by atoms with van der Waals surface area (Å²) >= 11 is 0. The molecular weight excluding hydrogens is 356 g/mol. The van der Waals surface area contributed by atoms with Crippen LogP contribution in [0.2, 0.25) is 0 Å². The second-order valence-electron chi connectivity index (χ2n) is 7.06. The Kier molecular flexibility index (Phi) is 5.57. The first kappa shape index (κ1) is 18.5. The van der Waals surface area contributed by atoms with Gasteiger partial charge in [-0.25, -0.2) is 4.98 Å². The van der Waals surface area contributed by atoms with Crippen LogP contribution in [0.3, 0.4) is 0 Å². The third-order valence-electron chi connectivity index (χ3n) is 5.13. The summed E-state index contributed by atoms with van der Waals surface area (Å²) in [4.78, 5) is 26.6. The van der Waals surface area contributed by atoms with Crippen molar-refractivity contribution in [3.63, 3.8) is 0 Å². The summed E-state index contributed by atoms with van der Waals surface area (Å²) in [7, 11) is 0. The highest BCUT2D eigenvalue weighted by atomic mass is 16.5. The molecule has 4 rings (SSSR count). The van der Waals surface area contributed by atoms with E-state index in [2.05, 4.69) is 32.2 Å². The van der Waals surface area contributed by atoms with Gasteiger partial charge in [-0.1, -0.05) is 12.1 Å². The fraction of sp³-hybridized carbons (Fsp3) is 0.450. The number of carbonyl (C=O) groups is 1. The van der Waals surface area contributed by atoms with E-state index in [1.165, 1.54) is 0 Å². The lowest BCUT2D eigenvalue weighted by Crippen LogP contribution is -2.46. The van der Waals surface area contributed by atoms with Gasteiger partial charge < -0.3 is 24.8 Å². The second kappa shape index (κ2) is 8.43. The van der Waals surface area contributed by atoms with Gasteiger partial charge in [0.2, 0.25) is 12.4 Å². The van der Waals surface area contributed by atoms with E-state index in [9.17, 15) is 4.79 Å². The molecule has 0 atom stereocenters. The minimum Gasteiger partial charge on any atom is -0.378 e. The highest BCUT2D eigenvalue weighted by Crippen LogP contribution is 2.29. The highest BCUT2D eigenvalue weighted by molar-refractivity contribution is 5.73. The Labute approximate surface area is 165 Å². The van der Waals surface area contributed by atoms with Crippen LogP contribution in [0.5, 0.6) is 0 Å². The molecule has 8 nitrogen and oxygen atoms in total. The number of benzene rings is 1. The molecule has 2 fully saturated rings. The molecule has 2 aliphatic rings. The smallest absolute Gasteiger partial charge is 0.229 e. The Morgan fingerprint density at radius 3 is 2.50 bits per heavy atom. The first-order valence-corrected chi connectivity index (χ1v) is 9.71. The molecule has 0 bridgehead atoms. The van der Waals surface area contributed by atoms with E-state index < -0.39 is 0 Å². The first-order valence-electron chi connectivity index (χ1n) is 9.71. The van der Waals surface area contributed by atoms with Gasteiger partial charge in [0.1, 0.15) is 5.82 Å². The largest absolute Gasteiger partial charge is 0.378 e. The van der Waals surface area contributed by atoms with Gasteiger partial charge in [-0.2, -0.15) is 4.98 Å². The third-order valence-corrected chi connectivity index (χ3v) is 5.13. The molecule has 2 aliphatic heterocycles. The molecule has 1 aromatic carbocycles. The molecular formula is C20H26N6O2. The molecule has 0 saturated carbocycles. The average molecular weight is 382 g/mol. The van der Waals surface area contributed by atoms with Crippen molar-refractivity contribution < 1.29 is 9.53 Å². The third kappa shape index (κ3) is 4.17. The van der Waals surface area contributed by atoms with Gasteiger partial charge in [0.15, 0.2) is 0 Å². The molecule has 2 aromatic rings. The van der Waals surface area contributed by atoms with Gasteiger partial charge >= 0.3 is 0 Å². The number of anilines is 4. The molecule has 148 valence electrons. The fourth-order valence-electron chi connectivity index (χ4n) is 3.61. The Morgan fingerprint density at radius 1 is 1.00 bits per heavy atom. The minimum absolute atomic E-state index is 0.591. The van der Waals surface area contributed by atoms with E-state index in [1.54, 1.807) is 4.90 Å². The maximum absolute atomic E-state index is 10.9. The number of nitrogens with zero attached hydrogens (tertiary/aromatic N) is 5. The number of carbonyl (C=O) groups excluding carboxylic acids is 1. The summed E-state index contributed by atoms with van der Waals surface area (Å²) in [5.41, 5.74) is 3.04. The molecule has 28 heavy (non-hydrogen) atoms. The minimum atomic E-state index is 0.591. The van der Waals surface area contributed by atoms with Crippen molar-refractivity contribution in [2.75, 3.05) is 67.6 Å². The standard InChI is InChI=1S/C20H26N6O2/c1-16-14-19(26-8-6-24(15-27)7-9-26)23-20(21-16)22-17-4-2-3-5-18(17)25-10-12-28-13-11-25/h2-5,14-15H,6-13H2,1H3,(H,21,22,23). The van der Waals surface area contributed by atoms with Crippen molar-refractivity contribution in [3.8, 4) is 0 Å². The van der Waals surface area contributed by atoms with E-state index >= 15 is 0 Å². The molecule has 2 saturated heterocycles. The quantitative estimate of drug-likeness (QED) is 0.788. The number of hydrogen-bond donors (Lipinski definition) is 1. The highest BCUT2D eigenvalue weighted by Gasteiger charge is 2.19. The van der Waals surface area contributed by atoms with Crippen LogP contribution < -0.4 is 15.1 Å². The van der Waals surface area contributed by atoms with Gasteiger partial charge in [0, 0.05) is 51.0 Å². The normalized spacial score (nSPS) is 17.5. The lowest BCUT2D eigenvalue weighted by molar-refractivity contribution is -0.118. The lowest BCUT2D eigenvalue weighted by atomic mass is 10.2. The summed E-state index contributed by atoms with van der Waals surface area (Å²) in [5, 5.41) is 3.41. The van der Waals surface area contributed by atoms with Gasteiger partial charge in [-0.3, -0.25) is 4.79 Å². The predicted molar refractivity (Wildman–Crippen MR) is 109 cm³/mol. The number of para-hydroxylation sites is 2. The Hall–Kier alpha value is -2.87. The SMILES string of the molecule is Cc1cc(N2CCN(C=O)CC2)nc(Nc2ccccc2N2CCOCC2)n1. The van der Waals surface area contributed by atoms with Crippen molar-refractivity contribution in [2.45, 2.75) is 6.92 Å². The van der Waals surface area contributed by atoms with E-state index in [-0.39, 0.29) is 0 Å². The topological polar surface area (TPSA) is 73.8 Å². The number of ether oxygens (including phenoxy) is 1. The fourth-order valence-corrected chi connectivity index (χ4v) is 3.61. The molecule has 3 heterocycles. The summed E-state index contributed by atoms with van der Waals surface area (Å²) in [6.07, 6.45) is 0.915. The van der Waals surface area contributed by atoms with Crippen LogP contribution >= 0.6 is 0 Å². The van der Waals surface area contributed by atoms with Crippen LogP contribution in [-0.2, 0) is 9.53 Å². The van der Waals surface area contributed by atoms with Gasteiger partial charge in [0.25, 0.3) is 0 Å². The summed E-state index contributed by atoms with van der Waals surface area (Å²) in [5.74, 6) is 1.48. The zero-order chi connectivity index (χ0) is 19.3. The van der Waals surface area contributed by atoms with E-state index in [0.29, 0.717) is 5.95 Å². The molecule has 0 unspecified atom stereocenters. The van der Waals surface area contributed by atoms with Crippen molar-refractivity contribution >= 4 is 29.6 Å². The van der Waals surface area contributed by atoms with Crippen LogP contribution in [0.15, 0.2) is 30.3 Å². The van der Waals surface area contributed by atoms with Crippen LogP contribution in [0.25, 0.3) is 0 Å². The molecule has 0 spiro atoms. The average Bonchev–Trinajstić information content (AvgIpc) is 2.74. The van der Waals surface area contributed by atoms with Crippen molar-refractivity contribution in [1.29, 1.82) is 0 Å².